The fraction of sp³-hybridized carbons (Fsp3) is 0.278. The lowest BCUT2D eigenvalue weighted by Gasteiger charge is -2.14. The van der Waals surface area contributed by atoms with Crippen LogP contribution in [0.5, 0.6) is 0 Å². The second-order valence-corrected chi connectivity index (χ2v) is 5.50. The Hall–Kier alpha value is -2.29. The normalized spacial score (nSPS) is 13.8. The number of fused-ring (bicyclic) bond motifs is 1. The van der Waals surface area contributed by atoms with Gasteiger partial charge in [-0.2, -0.15) is 0 Å². The van der Waals surface area contributed by atoms with Crippen molar-refractivity contribution in [1.82, 2.24) is 0 Å². The van der Waals surface area contributed by atoms with E-state index in [9.17, 15) is 4.79 Å². The third-order valence-corrected chi connectivity index (χ3v) is 3.91. The Kier molecular flexibility index (Phi) is 3.91. The summed E-state index contributed by atoms with van der Waals surface area (Å²) < 4.78 is 0. The highest BCUT2D eigenvalue weighted by atomic mass is 16.1. The lowest BCUT2D eigenvalue weighted by atomic mass is 10.1. The summed E-state index contributed by atoms with van der Waals surface area (Å²) in [5.41, 5.74) is 4.84. The molecule has 2 aromatic carbocycles. The Labute approximate surface area is 125 Å². The van der Waals surface area contributed by atoms with Crippen LogP contribution in [0, 0.1) is 0 Å². The Balaban J connectivity index is 1.61. The first-order chi connectivity index (χ1) is 10.2. The van der Waals surface area contributed by atoms with Crippen LogP contribution in [0.3, 0.4) is 0 Å². The fourth-order valence-corrected chi connectivity index (χ4v) is 2.80. The lowest BCUT2D eigenvalue weighted by Crippen LogP contribution is -2.19. The van der Waals surface area contributed by atoms with Crippen LogP contribution in [0.4, 0.5) is 11.4 Å². The lowest BCUT2D eigenvalue weighted by molar-refractivity contribution is -0.115. The third-order valence-electron chi connectivity index (χ3n) is 3.91. The molecule has 0 saturated carbocycles. The van der Waals surface area contributed by atoms with E-state index < -0.39 is 0 Å². The highest BCUT2D eigenvalue weighted by molar-refractivity contribution is 5.90. The zero-order chi connectivity index (χ0) is 14.7. The highest BCUT2D eigenvalue weighted by Gasteiger charge is 2.20. The van der Waals surface area contributed by atoms with Gasteiger partial charge >= 0.3 is 0 Å². The maximum absolute atomic E-state index is 11.3. The second kappa shape index (κ2) is 6.00. The number of hydrogen-bond acceptors (Lipinski definition) is 2. The van der Waals surface area contributed by atoms with Gasteiger partial charge in [-0.25, -0.2) is 0 Å². The van der Waals surface area contributed by atoms with Gasteiger partial charge in [-0.3, -0.25) is 4.79 Å². The SMILES string of the molecule is CCC(=O)Nc1ccc(NC2Cc3ccccc3C2)cc1. The van der Waals surface area contributed by atoms with E-state index in [-0.39, 0.29) is 5.91 Å². The summed E-state index contributed by atoms with van der Waals surface area (Å²) in [6.07, 6.45) is 2.65. The minimum atomic E-state index is 0.0435. The number of benzene rings is 2. The van der Waals surface area contributed by atoms with Crippen LogP contribution in [-0.4, -0.2) is 11.9 Å². The molecule has 0 radical (unpaired) electrons. The average Bonchev–Trinajstić information content (AvgIpc) is 2.91. The zero-order valence-electron chi connectivity index (χ0n) is 12.2. The molecule has 0 aromatic heterocycles. The minimum absolute atomic E-state index is 0.0435. The number of nitrogens with one attached hydrogen (secondary N) is 2. The molecule has 21 heavy (non-hydrogen) atoms. The molecule has 0 unspecified atom stereocenters. The molecule has 3 heteroatoms. The predicted molar refractivity (Wildman–Crippen MR) is 86.6 cm³/mol. The molecule has 1 aliphatic carbocycles. The quantitative estimate of drug-likeness (QED) is 0.898. The molecule has 0 atom stereocenters. The van der Waals surface area contributed by atoms with Gasteiger partial charge in [-0.05, 0) is 48.2 Å². The van der Waals surface area contributed by atoms with E-state index in [0.29, 0.717) is 12.5 Å². The van der Waals surface area contributed by atoms with Crippen LogP contribution < -0.4 is 10.6 Å². The number of amides is 1. The summed E-state index contributed by atoms with van der Waals surface area (Å²) in [6, 6.07) is 17.0. The summed E-state index contributed by atoms with van der Waals surface area (Å²) in [7, 11) is 0. The van der Waals surface area contributed by atoms with E-state index in [1.807, 2.05) is 31.2 Å². The summed E-state index contributed by atoms with van der Waals surface area (Å²) in [6.45, 7) is 1.85. The van der Waals surface area contributed by atoms with Gasteiger partial charge in [-0.15, -0.1) is 0 Å². The van der Waals surface area contributed by atoms with Crippen molar-refractivity contribution in [3.63, 3.8) is 0 Å². The Morgan fingerprint density at radius 3 is 2.14 bits per heavy atom. The van der Waals surface area contributed by atoms with E-state index in [1.54, 1.807) is 0 Å². The van der Waals surface area contributed by atoms with Gasteiger partial charge < -0.3 is 10.6 Å². The van der Waals surface area contributed by atoms with Gasteiger partial charge in [0.25, 0.3) is 0 Å². The van der Waals surface area contributed by atoms with Crippen LogP contribution in [-0.2, 0) is 17.6 Å². The standard InChI is InChI=1S/C18H20N2O/c1-2-18(21)20-16-9-7-15(8-10-16)19-17-11-13-5-3-4-6-14(13)12-17/h3-10,17,19H,2,11-12H2,1H3,(H,20,21). The van der Waals surface area contributed by atoms with Crippen molar-refractivity contribution in [2.24, 2.45) is 0 Å². The monoisotopic (exact) mass is 280 g/mol. The fourth-order valence-electron chi connectivity index (χ4n) is 2.80. The minimum Gasteiger partial charge on any atom is -0.382 e. The van der Waals surface area contributed by atoms with Crippen LogP contribution in [0.15, 0.2) is 48.5 Å². The van der Waals surface area contributed by atoms with E-state index in [4.69, 9.17) is 0 Å². The maximum atomic E-state index is 11.3. The molecule has 0 fully saturated rings. The molecule has 0 bridgehead atoms. The van der Waals surface area contributed by atoms with E-state index >= 15 is 0 Å². The van der Waals surface area contributed by atoms with Gasteiger partial charge in [0, 0.05) is 23.8 Å². The molecule has 0 saturated heterocycles. The first kappa shape index (κ1) is 13.7. The molecular formula is C18H20N2O. The average molecular weight is 280 g/mol. The number of carbonyl (C=O) groups excluding carboxylic acids is 1. The first-order valence-electron chi connectivity index (χ1n) is 7.48. The molecule has 3 rings (SSSR count). The predicted octanol–water partition coefficient (Wildman–Crippen LogP) is 3.61. The first-order valence-corrected chi connectivity index (χ1v) is 7.48. The largest absolute Gasteiger partial charge is 0.382 e. The zero-order valence-corrected chi connectivity index (χ0v) is 12.2. The summed E-state index contributed by atoms with van der Waals surface area (Å²) >= 11 is 0. The van der Waals surface area contributed by atoms with Gasteiger partial charge in [0.05, 0.1) is 0 Å². The molecule has 0 aliphatic heterocycles. The smallest absolute Gasteiger partial charge is 0.224 e. The van der Waals surface area contributed by atoms with Gasteiger partial charge in [-0.1, -0.05) is 31.2 Å². The topological polar surface area (TPSA) is 41.1 Å². The van der Waals surface area contributed by atoms with Crippen molar-refractivity contribution < 1.29 is 4.79 Å². The van der Waals surface area contributed by atoms with Gasteiger partial charge in [0.15, 0.2) is 0 Å². The molecular weight excluding hydrogens is 260 g/mol. The van der Waals surface area contributed by atoms with E-state index in [2.05, 4.69) is 34.9 Å². The Morgan fingerprint density at radius 1 is 1.00 bits per heavy atom. The van der Waals surface area contributed by atoms with Crippen molar-refractivity contribution >= 4 is 17.3 Å². The molecule has 1 aliphatic rings. The molecule has 2 N–H and O–H groups in total. The summed E-state index contributed by atoms with van der Waals surface area (Å²) in [4.78, 5) is 11.3. The number of rotatable bonds is 4. The summed E-state index contributed by atoms with van der Waals surface area (Å²) in [5.74, 6) is 0.0435. The van der Waals surface area contributed by atoms with Crippen LogP contribution in [0.2, 0.25) is 0 Å². The van der Waals surface area contributed by atoms with Gasteiger partial charge in [0.2, 0.25) is 5.91 Å². The maximum Gasteiger partial charge on any atom is 0.224 e. The van der Waals surface area contributed by atoms with E-state index in [1.165, 1.54) is 11.1 Å². The van der Waals surface area contributed by atoms with Crippen molar-refractivity contribution in [3.05, 3.63) is 59.7 Å². The second-order valence-electron chi connectivity index (χ2n) is 5.50. The van der Waals surface area contributed by atoms with Crippen LogP contribution in [0.25, 0.3) is 0 Å². The van der Waals surface area contributed by atoms with Crippen molar-refractivity contribution in [2.75, 3.05) is 10.6 Å². The third kappa shape index (κ3) is 3.24. The van der Waals surface area contributed by atoms with Crippen LogP contribution in [0.1, 0.15) is 24.5 Å². The Bertz CT molecular complexity index is 609. The van der Waals surface area contributed by atoms with Crippen molar-refractivity contribution in [3.8, 4) is 0 Å². The Morgan fingerprint density at radius 2 is 1.57 bits per heavy atom. The van der Waals surface area contributed by atoms with Gasteiger partial charge in [0.1, 0.15) is 0 Å². The van der Waals surface area contributed by atoms with Crippen LogP contribution >= 0.6 is 0 Å². The molecule has 3 nitrogen and oxygen atoms in total. The number of hydrogen-bond donors (Lipinski definition) is 2. The molecule has 0 heterocycles. The number of anilines is 2. The van der Waals surface area contributed by atoms with Crippen molar-refractivity contribution in [1.29, 1.82) is 0 Å². The molecule has 0 spiro atoms. The molecule has 108 valence electrons. The van der Waals surface area contributed by atoms with E-state index in [0.717, 1.165) is 24.2 Å². The highest BCUT2D eigenvalue weighted by Crippen LogP contribution is 2.25. The van der Waals surface area contributed by atoms with Crippen molar-refractivity contribution in [2.45, 2.75) is 32.2 Å². The summed E-state index contributed by atoms with van der Waals surface area (Å²) in [5, 5.41) is 6.43. The molecule has 1 amide bonds. The number of carbonyl (C=O) groups is 1. The molecule has 2 aromatic rings.